The van der Waals surface area contributed by atoms with Crippen molar-refractivity contribution in [2.75, 3.05) is 62.8 Å². The number of hydrogen-bond donors (Lipinski definition) is 15. The molecule has 0 saturated carbocycles. The molecule has 18 atom stereocenters. The van der Waals surface area contributed by atoms with Gasteiger partial charge in [-0.05, 0) is 119 Å². The van der Waals surface area contributed by atoms with Gasteiger partial charge in [-0.1, -0.05) is 169 Å². The number of aromatic hydroxyl groups is 1. The van der Waals surface area contributed by atoms with E-state index in [4.69, 9.17) is 41.0 Å². The van der Waals surface area contributed by atoms with Gasteiger partial charge in [0.2, 0.25) is 59.1 Å². The number of nitrogens with zero attached hydrogens (tertiary/aromatic N) is 2. The highest BCUT2D eigenvalue weighted by Gasteiger charge is 2.65. The number of halogens is 2. The first-order chi connectivity index (χ1) is 60.8. The average Bonchev–Trinajstić information content (AvgIpc) is 1.57. The number of methoxy groups -OCH3 is 2. The van der Waals surface area contributed by atoms with E-state index >= 15 is 19.2 Å². The fraction of sp³-hybridized carbons (Fsp3) is 0.506. The average molecular weight is 1980 g/mol. The number of esters is 1. The van der Waals surface area contributed by atoms with Crippen LogP contribution in [0.2, 0.25) is 5.02 Å². The molecule has 128 heavy (non-hydrogen) atoms. The van der Waals surface area contributed by atoms with Gasteiger partial charge in [-0.2, -0.15) is 0 Å². The van der Waals surface area contributed by atoms with Crippen molar-refractivity contribution in [3.05, 3.63) is 148 Å². The van der Waals surface area contributed by atoms with Crippen LogP contribution in [-0.4, -0.2) is 265 Å². The molecule has 35 nitrogen and oxygen atoms in total. The lowest BCUT2D eigenvalue weighted by Gasteiger charge is -2.42. The maximum absolute atomic E-state index is 15.3. The number of carbonyl (C=O) groups is 13. The van der Waals surface area contributed by atoms with Gasteiger partial charge in [-0.25, -0.2) is 14.4 Å². The highest BCUT2D eigenvalue weighted by atomic mass is 127. The zero-order valence-electron chi connectivity index (χ0n) is 72.5. The van der Waals surface area contributed by atoms with Crippen molar-refractivity contribution < 1.29 is 106 Å². The zero-order valence-corrected chi connectivity index (χ0v) is 78.7. The Morgan fingerprint density at radius 3 is 2.14 bits per heavy atom. The predicted molar refractivity (Wildman–Crippen MR) is 495 cm³/mol. The molecular weight excluding hydrogens is 1870 g/mol. The molecule has 11 amide bonds. The number of H-pyrrole nitrogens is 1. The number of aliphatic carboxylic acids is 1. The van der Waals surface area contributed by atoms with Gasteiger partial charge in [-0.15, -0.1) is 0 Å². The number of hydrogen-bond acceptors (Lipinski definition) is 26. The topological polar surface area (TPSA) is 509 Å². The molecule has 41 heteroatoms. The third-order valence-corrected chi connectivity index (χ3v) is 29.1. The zero-order chi connectivity index (χ0) is 93.4. The number of aromatic nitrogens is 1. The van der Waals surface area contributed by atoms with Crippen LogP contribution in [0.15, 0.2) is 121 Å². The summed E-state index contributed by atoms with van der Waals surface area (Å²) in [5.74, 6) is -11.9. The Hall–Kier alpha value is -9.37. The minimum atomic E-state index is -1.91. The number of ether oxygens (including phenoxy) is 5. The minimum absolute atomic E-state index is 0.0839. The number of alkyl carbamates (subject to hydrolysis) is 1. The van der Waals surface area contributed by atoms with Gasteiger partial charge in [0, 0.05) is 106 Å². The number of unbranched alkanes of at least 4 members (excludes halogenated alkanes) is 1. The number of epoxide rings is 1. The number of carboxylic acid groups (broad SMARTS) is 1. The molecule has 1 unspecified atom stereocenters. The third-order valence-electron chi connectivity index (χ3n) is 22.6. The Morgan fingerprint density at radius 2 is 1.47 bits per heavy atom. The van der Waals surface area contributed by atoms with E-state index in [1.807, 2.05) is 32.1 Å². The number of nitrogens with two attached hydrogens (primary N) is 1. The number of rotatable bonds is 30. The largest absolute Gasteiger partial charge is 0.508 e. The lowest BCUT2D eigenvalue weighted by atomic mass is 9.84. The molecule has 4 bridgehead atoms. The maximum atomic E-state index is 15.3. The van der Waals surface area contributed by atoms with Crippen molar-refractivity contribution in [2.24, 2.45) is 11.7 Å². The Bertz CT molecular complexity index is 4850. The number of amides is 11. The van der Waals surface area contributed by atoms with E-state index in [9.17, 15) is 63.6 Å². The maximum Gasteiger partial charge on any atom is 0.408 e. The summed E-state index contributed by atoms with van der Waals surface area (Å²) in [6.45, 7) is 9.44. The first-order valence-corrected chi connectivity index (χ1v) is 48.2. The summed E-state index contributed by atoms with van der Waals surface area (Å²) >= 11 is 9.08. The first kappa shape index (κ1) is 102. The lowest BCUT2D eigenvalue weighted by molar-refractivity contribution is -0.162. The Balaban J connectivity index is 0.912. The van der Waals surface area contributed by atoms with Gasteiger partial charge < -0.3 is 112 Å². The minimum Gasteiger partial charge on any atom is -0.508 e. The molecular formula is C87H113ClIN13O22S4. The number of carbonyl (C=O) groups excluding carboxylic acids is 12. The standard InChI is InChI=1S/C87H113ClIN13O22S4/c1-46-19-18-25-67(121-10)87(89)42-66(122-85(119)100-87)47(2)75-86(6,124-75)68(41-71(108)102(8)64-38-53(35-46)39-65(120-9)72(64)88)123-84(118)48(3)101(7)70(107)31-34-126-125-33-30-69(106)92-59(36-51-20-12-11-13-21-51)77(110)96-62-44-127-128-45-63(81(114)99-74(50(5)104)83(116)117)97-82(115)73(49(4)103)98-76(109)58(24-16-17-32-90)93-79(112)61(40-54-43-91-57-23-15-14-22-56(54)57)95-78(111)60(94-80(62)113)37-52-26-28-55(105)29-27-52/h11-15,18-23,25-29,38-39,43,47-50,58-63,66-68,73-75,91,103-105H,16-17,24,30-37,40-42,44-45,90H2,1-10H3,(H,92,106)(H,93,112)(H,94,113)(H,95,111)(H,96,110)(H,97,115)(H,98,109)(H,99,114)(H,100,119)(H,116,117)/b25-18+,46-19+/t47-,48+,49-,50-,58+,59-,60+,61-,62+,63+,66+,67-,68+,73+,74+,75+,86+,87?/m1/s1. The van der Waals surface area contributed by atoms with Gasteiger partial charge >= 0.3 is 18.0 Å². The quantitative estimate of drug-likeness (QED) is 0.00528. The summed E-state index contributed by atoms with van der Waals surface area (Å²) in [6.07, 6.45) is -0.144. The molecule has 16 N–H and O–H groups in total. The number of likely N-dealkylation sites (N-methyl/N-ethyl adjacent to an activating group) is 1. The van der Waals surface area contributed by atoms with Crippen molar-refractivity contribution in [3.8, 4) is 11.5 Å². The van der Waals surface area contributed by atoms with Crippen molar-refractivity contribution >= 4 is 171 Å². The SMILES string of the molecule is COc1cc2cc(c1Cl)N(C)C(=O)C[C@H](OC(=O)[C@H](C)N(C)C(=O)CCSSCCC(=O)N[C@H](Cc1ccccc1)C(=O)N[C@H]1CSSC[C@@H](C(=O)N[C@H](C(=O)O)[C@@H](C)O)NC(=O)[C@H]([C@@H](C)O)NC(=O)[C@H](CCCCN)NC(=O)[C@@H](Cc3c[nH]c4ccccc34)NC(=O)[C@H](Cc3ccc(O)cc3)NC1=O)[C@]1(C)O[C@H]1[C@H](C)[C@@H]1CC(I)(NC(=O)O1)[C@H](OC)/C=C/C=C(\C)C2. The van der Waals surface area contributed by atoms with Crippen LogP contribution in [0.4, 0.5) is 10.5 Å². The number of para-hydroxylation sites is 1. The third kappa shape index (κ3) is 28.3. The number of nitrogens with one attached hydrogen (secondary N) is 10. The fourth-order valence-corrected chi connectivity index (χ4v) is 20.6. The van der Waals surface area contributed by atoms with E-state index in [0.29, 0.717) is 51.9 Å². The number of phenolic OH excluding ortho intramolecular Hbond substituents is 1. The molecule has 0 aliphatic carbocycles. The number of carboxylic acids is 1. The molecule has 3 fully saturated rings. The van der Waals surface area contributed by atoms with Crippen LogP contribution >= 0.6 is 77.4 Å². The fourth-order valence-electron chi connectivity index (χ4n) is 14.9. The van der Waals surface area contributed by atoms with Crippen molar-refractivity contribution in [2.45, 2.75) is 212 Å². The van der Waals surface area contributed by atoms with Crippen LogP contribution < -0.4 is 63.2 Å². The highest BCUT2D eigenvalue weighted by molar-refractivity contribution is 14.1. The second kappa shape index (κ2) is 48.0. The van der Waals surface area contributed by atoms with E-state index in [0.717, 1.165) is 39.6 Å². The molecule has 9 rings (SSSR count). The van der Waals surface area contributed by atoms with Crippen LogP contribution in [0.1, 0.15) is 109 Å². The van der Waals surface area contributed by atoms with Crippen LogP contribution in [0, 0.1) is 5.92 Å². The first-order valence-electron chi connectivity index (χ1n) is 41.7. The molecule has 5 heterocycles. The van der Waals surface area contributed by atoms with Crippen LogP contribution in [-0.2, 0) is 102 Å². The molecule has 0 radical (unpaired) electrons. The van der Waals surface area contributed by atoms with Crippen molar-refractivity contribution in [1.82, 2.24) is 57.7 Å². The van der Waals surface area contributed by atoms with E-state index < -0.39 is 201 Å². The second-order valence-corrected chi connectivity index (χ2v) is 39.7. The van der Waals surface area contributed by atoms with Crippen molar-refractivity contribution in [3.63, 3.8) is 0 Å². The van der Waals surface area contributed by atoms with Crippen LogP contribution in [0.3, 0.4) is 0 Å². The summed E-state index contributed by atoms with van der Waals surface area (Å²) < 4.78 is 29.3. The summed E-state index contributed by atoms with van der Waals surface area (Å²) in [4.78, 5) is 193. The summed E-state index contributed by atoms with van der Waals surface area (Å²) in [5.41, 5.74) is 8.78. The highest BCUT2D eigenvalue weighted by Crippen LogP contribution is 2.50. The van der Waals surface area contributed by atoms with Gasteiger partial charge in [0.05, 0.1) is 37.5 Å². The summed E-state index contributed by atoms with van der Waals surface area (Å²) in [5, 5.41) is 66.7. The van der Waals surface area contributed by atoms with E-state index in [1.165, 1.54) is 83.7 Å². The number of fused-ring (bicyclic) bond motifs is 6. The number of allylic oxidation sites excluding steroid dienone is 3. The van der Waals surface area contributed by atoms with E-state index in [-0.39, 0.29) is 80.2 Å². The molecule has 4 aliphatic rings. The molecule has 1 aromatic heterocycles. The molecule has 0 spiro atoms. The number of aromatic amines is 1. The molecule has 4 aromatic carbocycles. The lowest BCUT2D eigenvalue weighted by Crippen LogP contribution is -2.62. The predicted octanol–water partition coefficient (Wildman–Crippen LogP) is 5.28. The Morgan fingerprint density at radius 1 is 0.812 bits per heavy atom. The number of alkyl halides is 1. The Labute approximate surface area is 776 Å². The number of anilines is 1. The van der Waals surface area contributed by atoms with Gasteiger partial charge in [0.1, 0.15) is 92.3 Å². The molecule has 696 valence electrons. The number of aliphatic hydroxyl groups is 2. The van der Waals surface area contributed by atoms with Gasteiger partial charge in [-0.3, -0.25) is 47.9 Å². The number of benzene rings is 4. The van der Waals surface area contributed by atoms with Gasteiger partial charge in [0.15, 0.2) is 6.04 Å². The Kier molecular flexibility index (Phi) is 38.4. The number of aliphatic hydroxyl groups excluding tert-OH is 2. The summed E-state index contributed by atoms with van der Waals surface area (Å²) in [7, 11) is 10.2. The van der Waals surface area contributed by atoms with Crippen LogP contribution in [0.5, 0.6) is 11.5 Å². The normalized spacial score (nSPS) is 26.0. The van der Waals surface area contributed by atoms with E-state index in [2.05, 4.69) is 75.4 Å². The molecule has 5 aromatic rings. The molecule has 4 aliphatic heterocycles. The monoisotopic (exact) mass is 1980 g/mol. The van der Waals surface area contributed by atoms with Gasteiger partial charge in [0.25, 0.3) is 0 Å². The molecule has 3 saturated heterocycles. The second-order valence-electron chi connectivity index (χ2n) is 32.2. The summed E-state index contributed by atoms with van der Waals surface area (Å²) in [6, 6.07) is 10.7. The van der Waals surface area contributed by atoms with Crippen molar-refractivity contribution in [1.29, 1.82) is 0 Å². The van der Waals surface area contributed by atoms with Crippen LogP contribution in [0.25, 0.3) is 10.9 Å². The van der Waals surface area contributed by atoms with E-state index in [1.54, 1.807) is 94.0 Å². The number of phenols is 1. The smallest absolute Gasteiger partial charge is 0.408 e.